The molecule has 1 aliphatic rings. The molecular weight excluding hydrogens is 525 g/mol. The maximum absolute atomic E-state index is 13.6. The summed E-state index contributed by atoms with van der Waals surface area (Å²) < 4.78 is 36.7. The Labute approximate surface area is 238 Å². The van der Waals surface area contributed by atoms with Gasteiger partial charge in [-0.25, -0.2) is 9.18 Å². The normalized spacial score (nSPS) is 17.7. The van der Waals surface area contributed by atoms with Crippen LogP contribution < -0.4 is 4.74 Å². The average molecular weight is 568 g/mol. The van der Waals surface area contributed by atoms with Crippen LogP contribution in [0.15, 0.2) is 60.7 Å². The summed E-state index contributed by atoms with van der Waals surface area (Å²) in [4.78, 5) is 14.6. The van der Waals surface area contributed by atoms with E-state index in [4.69, 9.17) is 18.9 Å². The molecule has 4 rings (SSSR count). The number of likely N-dealkylation sites (tertiary alicyclic amines) is 1. The van der Waals surface area contributed by atoms with E-state index in [1.165, 1.54) is 12.1 Å². The second-order valence-corrected chi connectivity index (χ2v) is 17.3. The Morgan fingerprint density at radius 3 is 2.50 bits per heavy atom. The van der Waals surface area contributed by atoms with Gasteiger partial charge in [0.05, 0.1) is 32.5 Å². The molecule has 0 radical (unpaired) electrons. The van der Waals surface area contributed by atoms with Crippen LogP contribution in [0.5, 0.6) is 5.75 Å². The summed E-state index contributed by atoms with van der Waals surface area (Å²) >= 11 is 0. The highest BCUT2D eigenvalue weighted by Crippen LogP contribution is 2.32. The second kappa shape index (κ2) is 14.1. The SMILES string of the molecule is COCCCOc1ccc2ccc(COC3CN(C(=O)OCC[Si](C)(C)C)CCC3c3ccc(F)cc3)cc2c1. The zero-order valence-electron chi connectivity index (χ0n) is 24.2. The monoisotopic (exact) mass is 567 g/mol. The smallest absolute Gasteiger partial charge is 0.409 e. The summed E-state index contributed by atoms with van der Waals surface area (Å²) in [5, 5.41) is 2.21. The quantitative estimate of drug-likeness (QED) is 0.171. The summed E-state index contributed by atoms with van der Waals surface area (Å²) in [6.45, 7) is 9.93. The number of nitrogens with zero attached hydrogens (tertiary/aromatic N) is 1. The van der Waals surface area contributed by atoms with E-state index < -0.39 is 8.07 Å². The van der Waals surface area contributed by atoms with Gasteiger partial charge in [0, 0.05) is 40.7 Å². The molecule has 3 aromatic rings. The van der Waals surface area contributed by atoms with Gasteiger partial charge in [0.1, 0.15) is 11.6 Å². The van der Waals surface area contributed by atoms with Crippen molar-refractivity contribution >= 4 is 24.9 Å². The lowest BCUT2D eigenvalue weighted by Crippen LogP contribution is -2.47. The molecule has 1 saturated heterocycles. The van der Waals surface area contributed by atoms with Crippen molar-refractivity contribution < 1.29 is 28.1 Å². The Morgan fingerprint density at radius 1 is 0.975 bits per heavy atom. The van der Waals surface area contributed by atoms with Crippen molar-refractivity contribution in [3.05, 3.63) is 77.6 Å². The van der Waals surface area contributed by atoms with E-state index >= 15 is 0 Å². The Kier molecular flexibility index (Phi) is 10.6. The van der Waals surface area contributed by atoms with Crippen LogP contribution in [0.3, 0.4) is 0 Å². The lowest BCUT2D eigenvalue weighted by Gasteiger charge is -2.38. The molecule has 1 fully saturated rings. The van der Waals surface area contributed by atoms with Crippen LogP contribution in [-0.4, -0.2) is 65.2 Å². The zero-order chi connectivity index (χ0) is 28.5. The van der Waals surface area contributed by atoms with Crippen LogP contribution in [0.25, 0.3) is 10.8 Å². The Hall–Kier alpha value is -2.94. The highest BCUT2D eigenvalue weighted by atomic mass is 28.3. The van der Waals surface area contributed by atoms with E-state index in [1.807, 2.05) is 24.3 Å². The number of piperidine rings is 1. The van der Waals surface area contributed by atoms with Crippen molar-refractivity contribution in [1.82, 2.24) is 4.90 Å². The number of methoxy groups -OCH3 is 1. The van der Waals surface area contributed by atoms with Crippen molar-refractivity contribution in [1.29, 1.82) is 0 Å². The molecule has 216 valence electrons. The van der Waals surface area contributed by atoms with E-state index in [0.717, 1.165) is 46.5 Å². The minimum Gasteiger partial charge on any atom is -0.493 e. The number of carbonyl (C=O) groups excluding carboxylic acids is 1. The summed E-state index contributed by atoms with van der Waals surface area (Å²) in [6.07, 6.45) is 1.03. The van der Waals surface area contributed by atoms with Gasteiger partial charge in [-0.3, -0.25) is 0 Å². The number of halogens is 1. The molecule has 0 saturated carbocycles. The summed E-state index contributed by atoms with van der Waals surface area (Å²) in [5.41, 5.74) is 2.06. The third-order valence-corrected chi connectivity index (χ3v) is 9.00. The molecule has 0 aromatic heterocycles. The van der Waals surface area contributed by atoms with Crippen molar-refractivity contribution in [3.8, 4) is 5.75 Å². The first-order chi connectivity index (χ1) is 19.2. The van der Waals surface area contributed by atoms with Crippen molar-refractivity contribution in [2.75, 3.05) is 40.0 Å². The van der Waals surface area contributed by atoms with Crippen LogP contribution in [0, 0.1) is 5.82 Å². The molecule has 1 aliphatic heterocycles. The molecular formula is C32H42FNO5Si. The number of benzene rings is 3. The number of fused-ring (bicyclic) bond motifs is 1. The first-order valence-corrected chi connectivity index (χ1v) is 17.9. The van der Waals surface area contributed by atoms with Crippen molar-refractivity contribution in [2.24, 2.45) is 0 Å². The van der Waals surface area contributed by atoms with Gasteiger partial charge in [-0.2, -0.15) is 0 Å². The topological polar surface area (TPSA) is 57.2 Å². The highest BCUT2D eigenvalue weighted by Gasteiger charge is 2.34. The van der Waals surface area contributed by atoms with Gasteiger partial charge in [0.15, 0.2) is 0 Å². The van der Waals surface area contributed by atoms with E-state index in [0.29, 0.717) is 39.5 Å². The van der Waals surface area contributed by atoms with Gasteiger partial charge >= 0.3 is 6.09 Å². The fourth-order valence-corrected chi connectivity index (χ4v) is 5.64. The number of carbonyl (C=O) groups is 1. The zero-order valence-corrected chi connectivity index (χ0v) is 25.2. The summed E-state index contributed by atoms with van der Waals surface area (Å²) in [5.74, 6) is 0.621. The minimum absolute atomic E-state index is 0.0548. The molecule has 1 heterocycles. The second-order valence-electron chi connectivity index (χ2n) is 11.7. The molecule has 2 unspecified atom stereocenters. The third kappa shape index (κ3) is 8.78. The summed E-state index contributed by atoms with van der Waals surface area (Å²) in [7, 11) is 0.393. The molecule has 3 aromatic carbocycles. The first-order valence-electron chi connectivity index (χ1n) is 14.1. The molecule has 8 heteroatoms. The molecule has 0 bridgehead atoms. The lowest BCUT2D eigenvalue weighted by molar-refractivity contribution is -0.0233. The standard InChI is InChI=1S/C32H42FNO5Si/c1-36-16-5-17-37-29-13-10-25-7-6-24(20-27(25)21-29)23-39-31-22-34(32(35)38-18-19-40(2,3)4)15-14-30(31)26-8-11-28(33)12-9-26/h6-13,20-21,30-31H,5,14-19,22-23H2,1-4H3. The summed E-state index contributed by atoms with van der Waals surface area (Å²) in [6, 6.07) is 19.9. The van der Waals surface area contributed by atoms with Crippen molar-refractivity contribution in [3.63, 3.8) is 0 Å². The van der Waals surface area contributed by atoms with Gasteiger partial charge in [-0.05, 0) is 64.7 Å². The van der Waals surface area contributed by atoms with E-state index in [1.54, 1.807) is 12.0 Å². The van der Waals surface area contributed by atoms with E-state index in [2.05, 4.69) is 43.9 Å². The molecule has 6 nitrogen and oxygen atoms in total. The van der Waals surface area contributed by atoms with Crippen LogP contribution in [0.1, 0.15) is 29.9 Å². The number of hydrogen-bond donors (Lipinski definition) is 0. The number of amides is 1. The maximum Gasteiger partial charge on any atom is 0.409 e. The minimum atomic E-state index is -1.29. The highest BCUT2D eigenvalue weighted by molar-refractivity contribution is 6.76. The molecule has 0 N–H and O–H groups in total. The third-order valence-electron chi connectivity index (χ3n) is 7.29. The predicted molar refractivity (Wildman–Crippen MR) is 159 cm³/mol. The number of ether oxygens (including phenoxy) is 4. The van der Waals surface area contributed by atoms with Crippen LogP contribution in [-0.2, 0) is 20.8 Å². The largest absolute Gasteiger partial charge is 0.493 e. The van der Waals surface area contributed by atoms with Gasteiger partial charge < -0.3 is 23.8 Å². The predicted octanol–water partition coefficient (Wildman–Crippen LogP) is 7.24. The fraction of sp³-hybridized carbons (Fsp3) is 0.469. The van der Waals surface area contributed by atoms with E-state index in [9.17, 15) is 9.18 Å². The Balaban J connectivity index is 1.44. The van der Waals surface area contributed by atoms with E-state index in [-0.39, 0.29) is 23.9 Å². The van der Waals surface area contributed by atoms with Crippen LogP contribution in [0.2, 0.25) is 25.7 Å². The van der Waals surface area contributed by atoms with Crippen LogP contribution >= 0.6 is 0 Å². The molecule has 1 amide bonds. The molecule has 2 atom stereocenters. The Bertz CT molecular complexity index is 1250. The van der Waals surface area contributed by atoms with Gasteiger partial charge in [-0.15, -0.1) is 0 Å². The number of rotatable bonds is 12. The molecule has 40 heavy (non-hydrogen) atoms. The van der Waals surface area contributed by atoms with Gasteiger partial charge in [-0.1, -0.05) is 50.0 Å². The van der Waals surface area contributed by atoms with Gasteiger partial charge in [0.25, 0.3) is 0 Å². The maximum atomic E-state index is 13.6. The number of hydrogen-bond acceptors (Lipinski definition) is 5. The molecule has 0 spiro atoms. The van der Waals surface area contributed by atoms with Crippen LogP contribution in [0.4, 0.5) is 9.18 Å². The Morgan fingerprint density at radius 2 is 1.75 bits per heavy atom. The van der Waals surface area contributed by atoms with Crippen molar-refractivity contribution in [2.45, 2.75) is 57.2 Å². The lowest BCUT2D eigenvalue weighted by atomic mass is 9.87. The fourth-order valence-electron chi connectivity index (χ4n) is 4.93. The first kappa shape index (κ1) is 30.0. The molecule has 0 aliphatic carbocycles. The average Bonchev–Trinajstić information content (AvgIpc) is 2.93. The van der Waals surface area contributed by atoms with Gasteiger partial charge in [0.2, 0.25) is 0 Å².